The van der Waals surface area contributed by atoms with Crippen molar-refractivity contribution < 1.29 is 4.53 Å². The molecule has 0 aromatic rings. The lowest BCUT2D eigenvalue weighted by Crippen LogP contribution is -2.58. The summed E-state index contributed by atoms with van der Waals surface area (Å²) in [4.78, 5) is 0. The lowest BCUT2D eigenvalue weighted by Gasteiger charge is -2.41. The van der Waals surface area contributed by atoms with Crippen molar-refractivity contribution in [3.63, 3.8) is 0 Å². The van der Waals surface area contributed by atoms with Crippen LogP contribution in [0, 0.1) is 0 Å². The normalized spacial score (nSPS) is 14.2. The van der Waals surface area contributed by atoms with E-state index in [-0.39, 0.29) is 0 Å². The standard InChI is InChI=1S/C6H18NOSi3/c1-10(2,3)7(8-9)11(4,5)6/h1-6H3. The van der Waals surface area contributed by atoms with Gasteiger partial charge in [-0.3, -0.25) is 0 Å². The second-order valence-electron chi connectivity index (χ2n) is 4.73. The predicted octanol–water partition coefficient (Wildman–Crippen LogP) is 1.97. The molecule has 2 nitrogen and oxygen atoms in total. The van der Waals surface area contributed by atoms with Crippen molar-refractivity contribution in [1.82, 2.24) is 4.39 Å². The summed E-state index contributed by atoms with van der Waals surface area (Å²) in [5, 5.41) is 0. The van der Waals surface area contributed by atoms with E-state index < -0.39 is 16.5 Å². The Kier molecular flexibility index (Phi) is 3.71. The third-order valence-corrected chi connectivity index (χ3v) is 8.50. The lowest BCUT2D eigenvalue weighted by atomic mass is 11.8. The Morgan fingerprint density at radius 1 is 0.909 bits per heavy atom. The van der Waals surface area contributed by atoms with Gasteiger partial charge in [0.25, 0.3) is 10.5 Å². The van der Waals surface area contributed by atoms with Crippen molar-refractivity contribution in [3.05, 3.63) is 0 Å². The smallest absolute Gasteiger partial charge is 0.278 e. The highest BCUT2D eigenvalue weighted by Crippen LogP contribution is 2.18. The van der Waals surface area contributed by atoms with E-state index in [4.69, 9.17) is 4.53 Å². The second-order valence-corrected chi connectivity index (χ2v) is 14.9. The summed E-state index contributed by atoms with van der Waals surface area (Å²) in [6.07, 6.45) is 0. The Morgan fingerprint density at radius 3 is 1.18 bits per heavy atom. The molecule has 0 fully saturated rings. The average Bonchev–Trinajstić information content (AvgIpc) is 1.56. The van der Waals surface area contributed by atoms with E-state index in [0.29, 0.717) is 0 Å². The molecular formula is C6H18NOSi3. The first-order valence-electron chi connectivity index (χ1n) is 3.83. The van der Waals surface area contributed by atoms with Gasteiger partial charge in [0, 0.05) is 0 Å². The molecule has 0 saturated heterocycles. The van der Waals surface area contributed by atoms with Crippen LogP contribution in [-0.2, 0) is 4.53 Å². The molecule has 0 aliphatic rings. The SMILES string of the molecule is C[Si](C)(C)N(O[Si])[Si](C)(C)C. The molecule has 0 bridgehead atoms. The number of hydrogen-bond donors (Lipinski definition) is 0. The van der Waals surface area contributed by atoms with Gasteiger partial charge in [-0.05, 0) is 0 Å². The molecule has 0 aromatic heterocycles. The van der Waals surface area contributed by atoms with E-state index in [1.54, 1.807) is 0 Å². The van der Waals surface area contributed by atoms with Crippen LogP contribution in [0.15, 0.2) is 0 Å². The highest BCUT2D eigenvalue weighted by molar-refractivity contribution is 6.89. The van der Waals surface area contributed by atoms with E-state index in [9.17, 15) is 0 Å². The summed E-state index contributed by atoms with van der Waals surface area (Å²) < 4.78 is 7.43. The fourth-order valence-corrected chi connectivity index (χ4v) is 11.5. The molecule has 0 N–H and O–H groups in total. The topological polar surface area (TPSA) is 12.5 Å². The van der Waals surface area contributed by atoms with Gasteiger partial charge in [0.15, 0.2) is 0 Å². The van der Waals surface area contributed by atoms with Gasteiger partial charge < -0.3 is 4.53 Å². The highest BCUT2D eigenvalue weighted by atomic mass is 28.4. The van der Waals surface area contributed by atoms with Gasteiger partial charge in [-0.2, -0.15) is 0 Å². The van der Waals surface area contributed by atoms with Gasteiger partial charge >= 0.3 is 0 Å². The fourth-order valence-electron chi connectivity index (χ4n) is 1.28. The molecular weight excluding hydrogens is 186 g/mol. The van der Waals surface area contributed by atoms with Gasteiger partial charge in [-0.15, -0.1) is 0 Å². The van der Waals surface area contributed by atoms with Crippen molar-refractivity contribution in [2.75, 3.05) is 0 Å². The molecule has 0 heterocycles. The second kappa shape index (κ2) is 3.53. The molecule has 0 aromatic carbocycles. The van der Waals surface area contributed by atoms with Crippen LogP contribution in [0.25, 0.3) is 0 Å². The minimum Gasteiger partial charge on any atom is -0.358 e. The van der Waals surface area contributed by atoms with Gasteiger partial charge in [-0.25, -0.2) is 4.39 Å². The Bertz CT molecular complexity index is 113. The van der Waals surface area contributed by atoms with Crippen molar-refractivity contribution in [2.24, 2.45) is 0 Å². The molecule has 0 saturated carbocycles. The molecule has 0 spiro atoms. The highest BCUT2D eigenvalue weighted by Gasteiger charge is 2.34. The predicted molar refractivity (Wildman–Crippen MR) is 55.4 cm³/mol. The van der Waals surface area contributed by atoms with Gasteiger partial charge in [0.05, 0.1) is 0 Å². The summed E-state index contributed by atoms with van der Waals surface area (Å²) in [6, 6.07) is 0. The summed E-state index contributed by atoms with van der Waals surface area (Å²) in [5.74, 6) is 0. The maximum absolute atomic E-state index is 5.24. The van der Waals surface area contributed by atoms with Crippen molar-refractivity contribution >= 4 is 27.0 Å². The van der Waals surface area contributed by atoms with Crippen molar-refractivity contribution in [2.45, 2.75) is 39.3 Å². The molecule has 0 aliphatic carbocycles. The summed E-state index contributed by atoms with van der Waals surface area (Å²) in [7, 11) is 0.535. The van der Waals surface area contributed by atoms with E-state index in [1.165, 1.54) is 0 Å². The first-order chi connectivity index (χ1) is 4.69. The molecule has 5 heteroatoms. The monoisotopic (exact) mass is 204 g/mol. The van der Waals surface area contributed by atoms with Crippen molar-refractivity contribution in [1.29, 1.82) is 0 Å². The zero-order valence-electron chi connectivity index (χ0n) is 8.36. The summed E-state index contributed by atoms with van der Waals surface area (Å²) >= 11 is 0. The van der Waals surface area contributed by atoms with Gasteiger partial charge in [0.1, 0.15) is 16.5 Å². The van der Waals surface area contributed by atoms with Crippen LogP contribution in [0.1, 0.15) is 0 Å². The van der Waals surface area contributed by atoms with Gasteiger partial charge in [0.2, 0.25) is 0 Å². The molecule has 11 heavy (non-hydrogen) atoms. The van der Waals surface area contributed by atoms with E-state index >= 15 is 0 Å². The van der Waals surface area contributed by atoms with E-state index in [2.05, 4.69) is 54.2 Å². The number of nitrogens with zero attached hydrogens (tertiary/aromatic N) is 1. The zero-order chi connectivity index (χ0) is 9.28. The number of rotatable bonds is 3. The maximum atomic E-state index is 5.24. The molecule has 3 radical (unpaired) electrons. The van der Waals surface area contributed by atoms with E-state index in [0.717, 1.165) is 0 Å². The van der Waals surface area contributed by atoms with Crippen LogP contribution < -0.4 is 0 Å². The average molecular weight is 204 g/mol. The molecule has 0 rings (SSSR count). The van der Waals surface area contributed by atoms with Crippen molar-refractivity contribution in [3.8, 4) is 0 Å². The van der Waals surface area contributed by atoms with Crippen LogP contribution in [0.2, 0.25) is 39.3 Å². The first kappa shape index (κ1) is 11.6. The minimum atomic E-state index is -1.30. The summed E-state index contributed by atoms with van der Waals surface area (Å²) in [6.45, 7) is 13.7. The van der Waals surface area contributed by atoms with Crippen LogP contribution >= 0.6 is 0 Å². The summed E-state index contributed by atoms with van der Waals surface area (Å²) in [5.41, 5.74) is 0. The molecule has 65 valence electrons. The van der Waals surface area contributed by atoms with Crippen LogP contribution in [-0.4, -0.2) is 31.4 Å². The maximum Gasteiger partial charge on any atom is 0.278 e. The molecule has 0 aliphatic heterocycles. The zero-order valence-corrected chi connectivity index (χ0v) is 11.4. The molecule has 0 atom stereocenters. The third-order valence-electron chi connectivity index (χ3n) is 1.31. The molecule has 0 unspecified atom stereocenters. The Balaban J connectivity index is 4.43. The van der Waals surface area contributed by atoms with Crippen LogP contribution in [0.5, 0.6) is 0 Å². The Morgan fingerprint density at radius 2 is 1.18 bits per heavy atom. The van der Waals surface area contributed by atoms with Gasteiger partial charge in [-0.1, -0.05) is 39.3 Å². The third kappa shape index (κ3) is 3.66. The van der Waals surface area contributed by atoms with E-state index in [1.807, 2.05) is 0 Å². The lowest BCUT2D eigenvalue weighted by molar-refractivity contribution is 0.121. The first-order valence-corrected chi connectivity index (χ1v) is 11.1. The number of hydrogen-bond acceptors (Lipinski definition) is 2. The van der Waals surface area contributed by atoms with Crippen LogP contribution in [0.3, 0.4) is 0 Å². The largest absolute Gasteiger partial charge is 0.358 e. The Labute approximate surface area is 75.6 Å². The molecule has 0 amide bonds. The van der Waals surface area contributed by atoms with Crippen LogP contribution in [0.4, 0.5) is 0 Å². The fraction of sp³-hybridized carbons (Fsp3) is 1.00. The quantitative estimate of drug-likeness (QED) is 0.515. The minimum absolute atomic E-state index is 1.30. The Hall–Kier alpha value is 0.571.